The van der Waals surface area contributed by atoms with E-state index in [1.807, 2.05) is 39.8 Å². The van der Waals surface area contributed by atoms with Crippen LogP contribution in [0.15, 0.2) is 16.5 Å². The second-order valence-corrected chi connectivity index (χ2v) is 5.40. The van der Waals surface area contributed by atoms with Crippen molar-refractivity contribution in [3.8, 4) is 0 Å². The van der Waals surface area contributed by atoms with E-state index in [0.717, 1.165) is 5.76 Å². The summed E-state index contributed by atoms with van der Waals surface area (Å²) in [4.78, 5) is 24.5. The van der Waals surface area contributed by atoms with Gasteiger partial charge in [0.2, 0.25) is 0 Å². The largest absolute Gasteiger partial charge is 0.481 e. The predicted octanol–water partition coefficient (Wildman–Crippen LogP) is 2.93. The highest BCUT2D eigenvalue weighted by molar-refractivity contribution is 5.75. The molecule has 0 aliphatic rings. The van der Waals surface area contributed by atoms with E-state index in [9.17, 15) is 9.59 Å². The van der Waals surface area contributed by atoms with Gasteiger partial charge in [-0.2, -0.15) is 0 Å². The van der Waals surface area contributed by atoms with Crippen LogP contribution in [0.2, 0.25) is 0 Å². The first kappa shape index (κ1) is 17.1. The molecule has 118 valence electrons. The molecule has 0 aliphatic heterocycles. The first-order valence-corrected chi connectivity index (χ1v) is 7.16. The summed E-state index contributed by atoms with van der Waals surface area (Å²) in [7, 11) is 0. The van der Waals surface area contributed by atoms with Gasteiger partial charge in [0.1, 0.15) is 11.5 Å². The highest BCUT2D eigenvalue weighted by atomic mass is 16.4. The lowest BCUT2D eigenvalue weighted by molar-refractivity contribution is -0.137. The Morgan fingerprint density at radius 1 is 1.33 bits per heavy atom. The zero-order valence-electron chi connectivity index (χ0n) is 13.0. The summed E-state index contributed by atoms with van der Waals surface area (Å²) in [5, 5.41) is 11.5. The van der Waals surface area contributed by atoms with Crippen LogP contribution < -0.4 is 5.32 Å². The highest BCUT2D eigenvalue weighted by Crippen LogP contribution is 2.16. The Balaban J connectivity index is 2.58. The first-order chi connectivity index (χ1) is 9.81. The maximum absolute atomic E-state index is 12.3. The molecular weight excluding hydrogens is 272 g/mol. The second kappa shape index (κ2) is 7.71. The minimum absolute atomic E-state index is 0.00401. The van der Waals surface area contributed by atoms with Crippen molar-refractivity contribution in [3.63, 3.8) is 0 Å². The molecule has 0 saturated heterocycles. The summed E-state index contributed by atoms with van der Waals surface area (Å²) < 4.78 is 5.49. The smallest absolute Gasteiger partial charge is 0.318 e. The number of aryl methyl sites for hydroxylation is 1. The van der Waals surface area contributed by atoms with E-state index in [4.69, 9.17) is 9.52 Å². The van der Waals surface area contributed by atoms with Gasteiger partial charge in [-0.25, -0.2) is 4.79 Å². The first-order valence-electron chi connectivity index (χ1n) is 7.16. The zero-order chi connectivity index (χ0) is 16.0. The van der Waals surface area contributed by atoms with Crippen molar-refractivity contribution in [2.45, 2.75) is 52.6 Å². The molecule has 2 N–H and O–H groups in total. The molecule has 21 heavy (non-hydrogen) atoms. The number of aliphatic carboxylic acids is 1. The Kier molecular flexibility index (Phi) is 6.27. The molecule has 0 spiro atoms. The van der Waals surface area contributed by atoms with Crippen LogP contribution in [0.25, 0.3) is 0 Å². The number of carbonyl (C=O) groups is 2. The summed E-state index contributed by atoms with van der Waals surface area (Å²) >= 11 is 0. The zero-order valence-corrected chi connectivity index (χ0v) is 13.0. The van der Waals surface area contributed by atoms with Gasteiger partial charge < -0.3 is 19.7 Å². The molecule has 2 amide bonds. The van der Waals surface area contributed by atoms with E-state index in [0.29, 0.717) is 18.7 Å². The summed E-state index contributed by atoms with van der Waals surface area (Å²) in [6, 6.07) is 3.25. The van der Waals surface area contributed by atoms with Crippen molar-refractivity contribution in [3.05, 3.63) is 23.7 Å². The van der Waals surface area contributed by atoms with E-state index in [1.54, 1.807) is 4.90 Å². The Morgan fingerprint density at radius 2 is 2.00 bits per heavy atom. The van der Waals surface area contributed by atoms with Crippen LogP contribution in [0, 0.1) is 6.92 Å². The van der Waals surface area contributed by atoms with Crippen molar-refractivity contribution in [1.29, 1.82) is 0 Å². The van der Waals surface area contributed by atoms with Crippen molar-refractivity contribution >= 4 is 12.0 Å². The number of carboxylic acid groups (broad SMARTS) is 1. The van der Waals surface area contributed by atoms with Gasteiger partial charge in [0.15, 0.2) is 0 Å². The van der Waals surface area contributed by atoms with E-state index in [2.05, 4.69) is 5.32 Å². The van der Waals surface area contributed by atoms with Gasteiger partial charge in [-0.05, 0) is 46.2 Å². The second-order valence-electron chi connectivity index (χ2n) is 5.40. The van der Waals surface area contributed by atoms with Crippen molar-refractivity contribution in [1.82, 2.24) is 10.2 Å². The Labute approximate surface area is 125 Å². The Hall–Kier alpha value is -1.98. The van der Waals surface area contributed by atoms with Crippen LogP contribution in [0.1, 0.15) is 51.2 Å². The molecule has 1 rings (SSSR count). The molecule has 1 aromatic heterocycles. The molecular formula is C15H24N2O4. The number of amides is 2. The van der Waals surface area contributed by atoms with Gasteiger partial charge in [0.25, 0.3) is 0 Å². The normalized spacial score (nSPS) is 12.2. The molecule has 0 aromatic carbocycles. The predicted molar refractivity (Wildman–Crippen MR) is 79.1 cm³/mol. The van der Waals surface area contributed by atoms with Gasteiger partial charge >= 0.3 is 12.0 Å². The van der Waals surface area contributed by atoms with Crippen LogP contribution in [-0.2, 0) is 4.79 Å². The number of carbonyl (C=O) groups excluding carboxylic acids is 1. The van der Waals surface area contributed by atoms with E-state index >= 15 is 0 Å². The Bertz CT molecular complexity index is 482. The summed E-state index contributed by atoms with van der Waals surface area (Å²) in [6.07, 6.45) is 0.499. The summed E-state index contributed by atoms with van der Waals surface area (Å²) in [5.41, 5.74) is 0. The number of carboxylic acids is 1. The number of urea groups is 1. The molecule has 0 radical (unpaired) electrons. The summed E-state index contributed by atoms with van der Waals surface area (Å²) in [5.74, 6) is 0.655. The molecule has 0 aliphatic carbocycles. The molecule has 6 heteroatoms. The number of nitrogens with one attached hydrogen (secondary N) is 1. The molecule has 6 nitrogen and oxygen atoms in total. The third kappa shape index (κ3) is 5.49. The summed E-state index contributed by atoms with van der Waals surface area (Å²) in [6.45, 7) is 7.93. The highest BCUT2D eigenvalue weighted by Gasteiger charge is 2.20. The van der Waals surface area contributed by atoms with Gasteiger partial charge in [-0.15, -0.1) is 0 Å². The third-order valence-corrected chi connectivity index (χ3v) is 3.20. The number of hydrogen-bond donors (Lipinski definition) is 2. The molecule has 0 saturated carbocycles. The minimum Gasteiger partial charge on any atom is -0.481 e. The van der Waals surface area contributed by atoms with Crippen LogP contribution in [0.5, 0.6) is 0 Å². The average molecular weight is 296 g/mol. The topological polar surface area (TPSA) is 82.8 Å². The van der Waals surface area contributed by atoms with Crippen LogP contribution in [0.4, 0.5) is 4.79 Å². The number of furan rings is 1. The lowest BCUT2D eigenvalue weighted by Gasteiger charge is -2.28. The molecule has 1 aromatic rings. The van der Waals surface area contributed by atoms with E-state index < -0.39 is 5.97 Å². The molecule has 1 atom stereocenters. The number of nitrogens with zero attached hydrogens (tertiary/aromatic N) is 1. The fourth-order valence-corrected chi connectivity index (χ4v) is 2.02. The van der Waals surface area contributed by atoms with Crippen LogP contribution in [-0.4, -0.2) is 34.6 Å². The van der Waals surface area contributed by atoms with Gasteiger partial charge in [0, 0.05) is 19.0 Å². The van der Waals surface area contributed by atoms with Crippen molar-refractivity contribution in [2.24, 2.45) is 0 Å². The monoisotopic (exact) mass is 296 g/mol. The number of hydrogen-bond acceptors (Lipinski definition) is 3. The quantitative estimate of drug-likeness (QED) is 0.810. The van der Waals surface area contributed by atoms with Gasteiger partial charge in [0.05, 0.1) is 6.04 Å². The lowest BCUT2D eigenvalue weighted by atomic mass is 10.2. The van der Waals surface area contributed by atoms with E-state index in [1.165, 1.54) is 0 Å². The lowest BCUT2D eigenvalue weighted by Crippen LogP contribution is -2.45. The van der Waals surface area contributed by atoms with Gasteiger partial charge in [-0.1, -0.05) is 0 Å². The minimum atomic E-state index is -0.849. The van der Waals surface area contributed by atoms with Crippen LogP contribution >= 0.6 is 0 Å². The average Bonchev–Trinajstić information content (AvgIpc) is 2.80. The van der Waals surface area contributed by atoms with E-state index in [-0.39, 0.29) is 24.5 Å². The third-order valence-electron chi connectivity index (χ3n) is 3.20. The van der Waals surface area contributed by atoms with Crippen molar-refractivity contribution < 1.29 is 19.1 Å². The molecule has 1 heterocycles. The maximum Gasteiger partial charge on any atom is 0.318 e. The van der Waals surface area contributed by atoms with Crippen molar-refractivity contribution in [2.75, 3.05) is 6.54 Å². The maximum atomic E-state index is 12.3. The molecule has 1 unspecified atom stereocenters. The molecule has 0 fully saturated rings. The molecule has 0 bridgehead atoms. The number of rotatable bonds is 7. The fraction of sp³-hybridized carbons (Fsp3) is 0.600. The standard InChI is InChI=1S/C15H24N2O4/c1-10(2)17(9-5-6-14(18)19)15(20)16-12(4)13-8-7-11(3)21-13/h7-8,10,12H,5-6,9H2,1-4H3,(H,16,20)(H,18,19). The Morgan fingerprint density at radius 3 is 2.48 bits per heavy atom. The fourth-order valence-electron chi connectivity index (χ4n) is 2.02. The SMILES string of the molecule is Cc1ccc(C(C)NC(=O)N(CCCC(=O)O)C(C)C)o1. The van der Waals surface area contributed by atoms with Crippen LogP contribution in [0.3, 0.4) is 0 Å². The van der Waals surface area contributed by atoms with Gasteiger partial charge in [-0.3, -0.25) is 4.79 Å².